The zero-order chi connectivity index (χ0) is 21.1. The molecule has 1 heterocycles. The number of hydrogen-bond acceptors (Lipinski definition) is 4. The number of ether oxygens (including phenoxy) is 1. The Labute approximate surface area is 189 Å². The van der Waals surface area contributed by atoms with Crippen LogP contribution in [0.4, 0.5) is 5.69 Å². The van der Waals surface area contributed by atoms with Gasteiger partial charge >= 0.3 is 5.97 Å². The number of anilines is 1. The number of nitrogens with zero attached hydrogens (tertiary/aromatic N) is 1. The molecule has 4 rings (SSSR count). The number of halogens is 2. The molecule has 1 aliphatic rings. The lowest BCUT2D eigenvalue weighted by molar-refractivity contribution is -0.145. The quantitative estimate of drug-likeness (QED) is 0.438. The van der Waals surface area contributed by atoms with Gasteiger partial charge in [0, 0.05) is 15.2 Å². The number of fused-ring (bicyclic) bond motifs is 1. The highest BCUT2D eigenvalue weighted by molar-refractivity contribution is 9.10. The van der Waals surface area contributed by atoms with E-state index in [1.807, 2.05) is 55.5 Å². The van der Waals surface area contributed by atoms with Crippen LogP contribution < -0.4 is 5.32 Å². The minimum atomic E-state index is -0.252. The molecule has 0 aliphatic carbocycles. The van der Waals surface area contributed by atoms with E-state index in [1.165, 1.54) is 0 Å². The van der Waals surface area contributed by atoms with E-state index in [1.54, 1.807) is 0 Å². The van der Waals surface area contributed by atoms with E-state index < -0.39 is 0 Å². The molecule has 3 aromatic rings. The van der Waals surface area contributed by atoms with E-state index in [4.69, 9.17) is 16.3 Å². The Morgan fingerprint density at radius 1 is 1.07 bits per heavy atom. The summed E-state index contributed by atoms with van der Waals surface area (Å²) in [6.07, 6.45) is -0.217. The van der Waals surface area contributed by atoms with Gasteiger partial charge in [-0.2, -0.15) is 0 Å². The topological polar surface area (TPSA) is 41.6 Å². The maximum absolute atomic E-state index is 12.6. The van der Waals surface area contributed by atoms with Crippen LogP contribution >= 0.6 is 27.5 Å². The van der Waals surface area contributed by atoms with Gasteiger partial charge in [-0.05, 0) is 53.9 Å². The lowest BCUT2D eigenvalue weighted by Gasteiger charge is -2.44. The third kappa shape index (κ3) is 4.38. The average Bonchev–Trinajstić information content (AvgIpc) is 2.75. The van der Waals surface area contributed by atoms with Crippen molar-refractivity contribution in [1.82, 2.24) is 4.90 Å². The molecule has 0 radical (unpaired) electrons. The number of esters is 1. The average molecular weight is 486 g/mol. The fourth-order valence-corrected chi connectivity index (χ4v) is 4.42. The number of nitrogens with one attached hydrogen (secondary N) is 1. The predicted molar refractivity (Wildman–Crippen MR) is 124 cm³/mol. The summed E-state index contributed by atoms with van der Waals surface area (Å²) in [4.78, 5) is 14.7. The zero-order valence-corrected chi connectivity index (χ0v) is 18.9. The van der Waals surface area contributed by atoms with E-state index in [9.17, 15) is 4.79 Å². The molecule has 0 saturated carbocycles. The minimum Gasteiger partial charge on any atom is -0.465 e. The molecule has 0 amide bonds. The SMILES string of the molecule is CCOC(=O)CN1C(c2ccc(Cl)cc2)Nc2ccc(Br)cc2C1c1ccccc1. The molecule has 0 aromatic heterocycles. The van der Waals surface area contributed by atoms with Crippen LogP contribution in [0.2, 0.25) is 5.02 Å². The van der Waals surface area contributed by atoms with Crippen molar-refractivity contribution in [1.29, 1.82) is 0 Å². The van der Waals surface area contributed by atoms with E-state index in [0.29, 0.717) is 11.6 Å². The molecule has 1 aliphatic heterocycles. The second-order valence-electron chi connectivity index (χ2n) is 7.12. The van der Waals surface area contributed by atoms with E-state index >= 15 is 0 Å². The van der Waals surface area contributed by atoms with Crippen molar-refractivity contribution in [2.24, 2.45) is 0 Å². The first-order chi connectivity index (χ1) is 14.6. The van der Waals surface area contributed by atoms with Gasteiger partial charge in [0.1, 0.15) is 6.17 Å². The van der Waals surface area contributed by atoms with Crippen LogP contribution in [0.5, 0.6) is 0 Å². The standard InChI is InChI=1S/C24H22BrClN2O2/c1-2-30-22(29)15-28-23(16-6-4-3-5-7-16)20-14-18(25)10-13-21(20)27-24(28)17-8-11-19(26)12-9-17/h3-14,23-24,27H,2,15H2,1H3. The van der Waals surface area contributed by atoms with Crippen LogP contribution in [0.25, 0.3) is 0 Å². The van der Waals surface area contributed by atoms with Gasteiger partial charge in [0.15, 0.2) is 0 Å². The lowest BCUT2D eigenvalue weighted by atomic mass is 9.91. The second kappa shape index (κ2) is 9.21. The summed E-state index contributed by atoms with van der Waals surface area (Å²) in [5, 5.41) is 4.29. The number of hydrogen-bond donors (Lipinski definition) is 1. The lowest BCUT2D eigenvalue weighted by Crippen LogP contribution is -2.44. The van der Waals surface area contributed by atoms with Gasteiger partial charge < -0.3 is 10.1 Å². The van der Waals surface area contributed by atoms with E-state index in [0.717, 1.165) is 26.9 Å². The molecule has 1 N–H and O–H groups in total. The van der Waals surface area contributed by atoms with Gasteiger partial charge in [0.2, 0.25) is 0 Å². The molecule has 0 fully saturated rings. The first-order valence-electron chi connectivity index (χ1n) is 9.84. The van der Waals surface area contributed by atoms with Crippen LogP contribution in [-0.4, -0.2) is 24.0 Å². The largest absolute Gasteiger partial charge is 0.465 e. The van der Waals surface area contributed by atoms with Crippen LogP contribution in [0.15, 0.2) is 77.3 Å². The smallest absolute Gasteiger partial charge is 0.320 e. The zero-order valence-electron chi connectivity index (χ0n) is 16.5. The number of benzene rings is 3. The first kappa shape index (κ1) is 20.9. The van der Waals surface area contributed by atoms with Crippen molar-refractivity contribution in [3.8, 4) is 0 Å². The third-order valence-electron chi connectivity index (χ3n) is 5.18. The van der Waals surface area contributed by atoms with Gasteiger partial charge in [0.05, 0.1) is 19.2 Å². The number of carbonyl (C=O) groups is 1. The molecule has 6 heteroatoms. The normalized spacial score (nSPS) is 18.4. The Morgan fingerprint density at radius 3 is 2.50 bits per heavy atom. The fourth-order valence-electron chi connectivity index (χ4n) is 3.91. The first-order valence-corrected chi connectivity index (χ1v) is 11.0. The van der Waals surface area contributed by atoms with Crippen molar-refractivity contribution >= 4 is 39.2 Å². The maximum atomic E-state index is 12.6. The fraction of sp³-hybridized carbons (Fsp3) is 0.208. The molecule has 154 valence electrons. The van der Waals surface area contributed by atoms with Crippen LogP contribution in [0.1, 0.15) is 35.8 Å². The summed E-state index contributed by atoms with van der Waals surface area (Å²) in [5.41, 5.74) is 4.28. The van der Waals surface area contributed by atoms with Crippen LogP contribution in [0, 0.1) is 0 Å². The van der Waals surface area contributed by atoms with Gasteiger partial charge in [-0.3, -0.25) is 9.69 Å². The molecule has 0 spiro atoms. The molecule has 0 bridgehead atoms. The van der Waals surface area contributed by atoms with E-state index in [2.05, 4.69) is 50.4 Å². The third-order valence-corrected chi connectivity index (χ3v) is 5.93. The maximum Gasteiger partial charge on any atom is 0.320 e. The molecule has 4 nitrogen and oxygen atoms in total. The molecular weight excluding hydrogens is 464 g/mol. The van der Waals surface area contributed by atoms with Crippen molar-refractivity contribution < 1.29 is 9.53 Å². The highest BCUT2D eigenvalue weighted by atomic mass is 79.9. The van der Waals surface area contributed by atoms with Crippen molar-refractivity contribution in [2.75, 3.05) is 18.5 Å². The van der Waals surface area contributed by atoms with Crippen LogP contribution in [-0.2, 0) is 9.53 Å². The van der Waals surface area contributed by atoms with Gasteiger partial charge in [-0.25, -0.2) is 0 Å². The van der Waals surface area contributed by atoms with Gasteiger partial charge in [0.25, 0.3) is 0 Å². The number of carbonyl (C=O) groups excluding carboxylic acids is 1. The van der Waals surface area contributed by atoms with Gasteiger partial charge in [-0.1, -0.05) is 70.0 Å². The van der Waals surface area contributed by atoms with Crippen molar-refractivity contribution in [3.05, 3.63) is 99.0 Å². The second-order valence-corrected chi connectivity index (χ2v) is 8.47. The molecule has 2 atom stereocenters. The highest BCUT2D eigenvalue weighted by Crippen LogP contribution is 2.44. The summed E-state index contributed by atoms with van der Waals surface area (Å²) >= 11 is 9.72. The summed E-state index contributed by atoms with van der Waals surface area (Å²) in [6, 6.07) is 24.0. The van der Waals surface area contributed by atoms with Crippen molar-refractivity contribution in [2.45, 2.75) is 19.1 Å². The summed E-state index contributed by atoms with van der Waals surface area (Å²) < 4.78 is 6.30. The van der Waals surface area contributed by atoms with Crippen molar-refractivity contribution in [3.63, 3.8) is 0 Å². The monoisotopic (exact) mass is 484 g/mol. The Bertz CT molecular complexity index is 1030. The molecule has 0 saturated heterocycles. The summed E-state index contributed by atoms with van der Waals surface area (Å²) in [5.74, 6) is -0.252. The summed E-state index contributed by atoms with van der Waals surface area (Å²) in [7, 11) is 0. The van der Waals surface area contributed by atoms with Gasteiger partial charge in [-0.15, -0.1) is 0 Å². The number of rotatable bonds is 5. The van der Waals surface area contributed by atoms with Crippen LogP contribution in [0.3, 0.4) is 0 Å². The summed E-state index contributed by atoms with van der Waals surface area (Å²) in [6.45, 7) is 2.33. The molecular formula is C24H22BrClN2O2. The Hall–Kier alpha value is -2.34. The Kier molecular flexibility index (Phi) is 6.42. The molecule has 3 aromatic carbocycles. The van der Waals surface area contributed by atoms with E-state index in [-0.39, 0.29) is 24.7 Å². The molecule has 30 heavy (non-hydrogen) atoms. The highest BCUT2D eigenvalue weighted by Gasteiger charge is 2.37. The minimum absolute atomic E-state index is 0.120. The predicted octanol–water partition coefficient (Wildman–Crippen LogP) is 6.18. The molecule has 2 unspecified atom stereocenters. The Morgan fingerprint density at radius 2 is 1.80 bits per heavy atom. The Balaban J connectivity index is 1.86.